The maximum absolute atomic E-state index is 11.8. The summed E-state index contributed by atoms with van der Waals surface area (Å²) in [6.07, 6.45) is 2.91. The second kappa shape index (κ2) is 5.22. The summed E-state index contributed by atoms with van der Waals surface area (Å²) in [6.45, 7) is 2.84. The van der Waals surface area contributed by atoms with Gasteiger partial charge < -0.3 is 4.79 Å². The number of benzene rings is 2. The van der Waals surface area contributed by atoms with E-state index in [9.17, 15) is 4.79 Å². The van der Waals surface area contributed by atoms with Crippen LogP contribution in [-0.2, 0) is 23.3 Å². The zero-order valence-electron chi connectivity index (χ0n) is 11.7. The summed E-state index contributed by atoms with van der Waals surface area (Å²) in [4.78, 5) is 11.8. The van der Waals surface area contributed by atoms with E-state index < -0.39 is 5.54 Å². The number of fused-ring (bicyclic) bond motifs is 1. The number of carbonyl (C=O) groups excluding carboxylic acids is 1. The number of rotatable bonds is 4. The van der Waals surface area contributed by atoms with Gasteiger partial charge in [-0.25, -0.2) is 0 Å². The second-order valence-corrected chi connectivity index (χ2v) is 5.53. The number of aldehydes is 1. The third-order valence-electron chi connectivity index (χ3n) is 4.31. The van der Waals surface area contributed by atoms with Crippen LogP contribution in [0.25, 0.3) is 0 Å². The van der Waals surface area contributed by atoms with Crippen LogP contribution in [0.3, 0.4) is 0 Å². The van der Waals surface area contributed by atoms with Crippen molar-refractivity contribution in [2.45, 2.75) is 31.8 Å². The zero-order valence-corrected chi connectivity index (χ0v) is 11.7. The van der Waals surface area contributed by atoms with Crippen LogP contribution in [0.1, 0.15) is 28.7 Å². The molecule has 0 saturated heterocycles. The van der Waals surface area contributed by atoms with Crippen molar-refractivity contribution in [2.24, 2.45) is 0 Å². The van der Waals surface area contributed by atoms with E-state index in [4.69, 9.17) is 0 Å². The van der Waals surface area contributed by atoms with E-state index in [2.05, 4.69) is 36.5 Å². The fourth-order valence-corrected chi connectivity index (χ4v) is 3.11. The lowest BCUT2D eigenvalue weighted by atomic mass is 9.92. The first-order valence-electron chi connectivity index (χ1n) is 7.09. The predicted molar refractivity (Wildman–Crippen MR) is 80.5 cm³/mol. The first-order valence-corrected chi connectivity index (χ1v) is 7.09. The van der Waals surface area contributed by atoms with Gasteiger partial charge in [0.1, 0.15) is 11.8 Å². The van der Waals surface area contributed by atoms with E-state index in [0.717, 1.165) is 24.7 Å². The van der Waals surface area contributed by atoms with Crippen molar-refractivity contribution < 1.29 is 4.79 Å². The van der Waals surface area contributed by atoms with Gasteiger partial charge in [-0.3, -0.25) is 5.32 Å². The summed E-state index contributed by atoms with van der Waals surface area (Å²) in [5, 5.41) is 3.48. The van der Waals surface area contributed by atoms with Crippen LogP contribution in [0.5, 0.6) is 0 Å². The van der Waals surface area contributed by atoms with Crippen LogP contribution in [0.15, 0.2) is 48.5 Å². The molecule has 0 aliphatic heterocycles. The normalized spacial score (nSPS) is 20.6. The molecule has 2 aromatic carbocycles. The van der Waals surface area contributed by atoms with Crippen molar-refractivity contribution >= 4 is 6.29 Å². The Morgan fingerprint density at radius 1 is 1.15 bits per heavy atom. The molecule has 0 amide bonds. The van der Waals surface area contributed by atoms with Gasteiger partial charge in [-0.1, -0.05) is 48.5 Å². The van der Waals surface area contributed by atoms with Gasteiger partial charge in [-0.2, -0.15) is 0 Å². The van der Waals surface area contributed by atoms with Gasteiger partial charge in [0.25, 0.3) is 0 Å². The van der Waals surface area contributed by atoms with Gasteiger partial charge in [0.05, 0.1) is 0 Å². The van der Waals surface area contributed by atoms with Crippen molar-refractivity contribution in [1.29, 1.82) is 0 Å². The Bertz CT molecular complexity index is 621. The maximum Gasteiger partial charge on any atom is 0.144 e. The SMILES string of the molecule is Cc1cccc2c1CCC2(C=O)NCc1ccccc1. The van der Waals surface area contributed by atoms with Gasteiger partial charge >= 0.3 is 0 Å². The molecular formula is C18H19NO. The minimum atomic E-state index is -0.517. The van der Waals surface area contributed by atoms with E-state index in [1.54, 1.807) is 0 Å². The van der Waals surface area contributed by atoms with Crippen LogP contribution in [0.4, 0.5) is 0 Å². The molecule has 0 bridgehead atoms. The molecule has 1 aliphatic rings. The number of carbonyl (C=O) groups is 1. The predicted octanol–water partition coefficient (Wildman–Crippen LogP) is 3.13. The molecule has 3 rings (SSSR count). The molecule has 2 heteroatoms. The number of hydrogen-bond acceptors (Lipinski definition) is 2. The topological polar surface area (TPSA) is 29.1 Å². The van der Waals surface area contributed by atoms with E-state index in [0.29, 0.717) is 6.54 Å². The maximum atomic E-state index is 11.8. The average Bonchev–Trinajstić information content (AvgIpc) is 2.87. The summed E-state index contributed by atoms with van der Waals surface area (Å²) in [5.74, 6) is 0. The van der Waals surface area contributed by atoms with Crippen molar-refractivity contribution in [3.63, 3.8) is 0 Å². The summed E-state index contributed by atoms with van der Waals surface area (Å²) in [6, 6.07) is 16.5. The fraction of sp³-hybridized carbons (Fsp3) is 0.278. The minimum absolute atomic E-state index is 0.517. The van der Waals surface area contributed by atoms with Crippen LogP contribution >= 0.6 is 0 Å². The largest absolute Gasteiger partial charge is 0.301 e. The minimum Gasteiger partial charge on any atom is -0.301 e. The summed E-state index contributed by atoms with van der Waals surface area (Å²) < 4.78 is 0. The molecule has 0 aromatic heterocycles. The fourth-order valence-electron chi connectivity index (χ4n) is 3.11. The molecule has 0 saturated carbocycles. The number of nitrogens with one attached hydrogen (secondary N) is 1. The highest BCUT2D eigenvalue weighted by Gasteiger charge is 2.38. The highest BCUT2D eigenvalue weighted by Crippen LogP contribution is 2.37. The summed E-state index contributed by atoms with van der Waals surface area (Å²) in [7, 11) is 0. The van der Waals surface area contributed by atoms with E-state index in [-0.39, 0.29) is 0 Å². The lowest BCUT2D eigenvalue weighted by Crippen LogP contribution is -2.41. The Kier molecular flexibility index (Phi) is 3.41. The van der Waals surface area contributed by atoms with Crippen LogP contribution in [0, 0.1) is 6.92 Å². The quantitative estimate of drug-likeness (QED) is 0.861. The van der Waals surface area contributed by atoms with Gasteiger partial charge in [0.2, 0.25) is 0 Å². The molecular weight excluding hydrogens is 246 g/mol. The molecule has 1 N–H and O–H groups in total. The summed E-state index contributed by atoms with van der Waals surface area (Å²) >= 11 is 0. The lowest BCUT2D eigenvalue weighted by Gasteiger charge is -2.26. The van der Waals surface area contributed by atoms with Gasteiger partial charge in [0.15, 0.2) is 0 Å². The molecule has 20 heavy (non-hydrogen) atoms. The smallest absolute Gasteiger partial charge is 0.144 e. The van der Waals surface area contributed by atoms with Crippen LogP contribution in [-0.4, -0.2) is 6.29 Å². The van der Waals surface area contributed by atoms with Crippen LogP contribution < -0.4 is 5.32 Å². The molecule has 1 unspecified atom stereocenters. The third-order valence-corrected chi connectivity index (χ3v) is 4.31. The molecule has 2 nitrogen and oxygen atoms in total. The zero-order chi connectivity index (χ0) is 14.0. The number of aryl methyl sites for hydroxylation is 1. The van der Waals surface area contributed by atoms with Crippen LogP contribution in [0.2, 0.25) is 0 Å². The Morgan fingerprint density at radius 2 is 1.95 bits per heavy atom. The Labute approximate surface area is 119 Å². The molecule has 0 radical (unpaired) electrons. The van der Waals surface area contributed by atoms with Crippen molar-refractivity contribution in [1.82, 2.24) is 5.32 Å². The van der Waals surface area contributed by atoms with E-state index in [1.807, 2.05) is 24.3 Å². The monoisotopic (exact) mass is 265 g/mol. The highest BCUT2D eigenvalue weighted by atomic mass is 16.1. The molecule has 2 aromatic rings. The molecule has 0 spiro atoms. The highest BCUT2D eigenvalue weighted by molar-refractivity contribution is 5.71. The first kappa shape index (κ1) is 13.1. The van der Waals surface area contributed by atoms with Gasteiger partial charge in [0, 0.05) is 6.54 Å². The van der Waals surface area contributed by atoms with Gasteiger partial charge in [-0.15, -0.1) is 0 Å². The molecule has 102 valence electrons. The molecule has 0 fully saturated rings. The molecule has 1 aliphatic carbocycles. The summed E-state index contributed by atoms with van der Waals surface area (Å²) in [5.41, 5.74) is 4.46. The first-order chi connectivity index (χ1) is 9.75. The Morgan fingerprint density at radius 3 is 2.70 bits per heavy atom. The average molecular weight is 265 g/mol. The van der Waals surface area contributed by atoms with Crippen molar-refractivity contribution in [3.8, 4) is 0 Å². The Hall–Kier alpha value is -1.93. The molecule has 1 atom stereocenters. The van der Waals surface area contributed by atoms with E-state index in [1.165, 1.54) is 16.7 Å². The van der Waals surface area contributed by atoms with E-state index >= 15 is 0 Å². The lowest BCUT2D eigenvalue weighted by molar-refractivity contribution is -0.113. The molecule has 0 heterocycles. The standard InChI is InChI=1S/C18H19NO/c1-14-6-5-9-17-16(14)10-11-18(17,13-20)19-12-15-7-3-2-4-8-15/h2-9,13,19H,10-12H2,1H3. The third kappa shape index (κ3) is 2.16. The van der Waals surface area contributed by atoms with Crippen molar-refractivity contribution in [2.75, 3.05) is 0 Å². The second-order valence-electron chi connectivity index (χ2n) is 5.53. The van der Waals surface area contributed by atoms with Crippen molar-refractivity contribution in [3.05, 3.63) is 70.8 Å². The number of hydrogen-bond donors (Lipinski definition) is 1. The Balaban J connectivity index is 1.88. The van der Waals surface area contributed by atoms with Gasteiger partial charge in [-0.05, 0) is 42.0 Å².